The van der Waals surface area contributed by atoms with E-state index in [1.54, 1.807) is 0 Å². The quantitative estimate of drug-likeness (QED) is 0.761. The number of hydrogen-bond acceptors (Lipinski definition) is 3. The lowest BCUT2D eigenvalue weighted by molar-refractivity contribution is -0.136. The van der Waals surface area contributed by atoms with Crippen molar-refractivity contribution in [2.75, 3.05) is 20.3 Å². The molecule has 16 heavy (non-hydrogen) atoms. The van der Waals surface area contributed by atoms with E-state index in [9.17, 15) is 13.6 Å². The predicted molar refractivity (Wildman–Crippen MR) is 57.8 cm³/mol. The fourth-order valence-electron chi connectivity index (χ4n) is 1.42. The molecule has 0 aromatic carbocycles. The van der Waals surface area contributed by atoms with Gasteiger partial charge in [0.2, 0.25) is 5.91 Å². The molecule has 4 nitrogen and oxygen atoms in total. The summed E-state index contributed by atoms with van der Waals surface area (Å²) in [4.78, 5) is 12.8. The van der Waals surface area contributed by atoms with Crippen molar-refractivity contribution in [1.29, 1.82) is 0 Å². The minimum absolute atomic E-state index is 0. The van der Waals surface area contributed by atoms with Gasteiger partial charge in [0.15, 0.2) is 0 Å². The van der Waals surface area contributed by atoms with Gasteiger partial charge in [-0.25, -0.2) is 8.78 Å². The Balaban J connectivity index is 0.00000225. The molecule has 0 spiro atoms. The molecule has 1 saturated carbocycles. The molecule has 7 heteroatoms. The maximum atomic E-state index is 12.2. The van der Waals surface area contributed by atoms with Crippen molar-refractivity contribution < 1.29 is 18.3 Å². The lowest BCUT2D eigenvalue weighted by Crippen LogP contribution is -2.48. The molecule has 1 amide bonds. The Morgan fingerprint density at radius 2 is 2.12 bits per heavy atom. The van der Waals surface area contributed by atoms with Gasteiger partial charge in [-0.15, -0.1) is 12.4 Å². The standard InChI is InChI=1S/C9H16F2N2O2.ClH/c1-15-5-7(12)9(14)13(4-8(10)11)6-2-3-6;/h6-8H,2-5,12H2,1H3;1H. The molecule has 1 rings (SSSR count). The minimum atomic E-state index is -2.51. The minimum Gasteiger partial charge on any atom is -0.383 e. The first-order valence-electron chi connectivity index (χ1n) is 4.89. The van der Waals surface area contributed by atoms with Gasteiger partial charge >= 0.3 is 0 Å². The molecule has 0 bridgehead atoms. The van der Waals surface area contributed by atoms with Crippen LogP contribution < -0.4 is 5.73 Å². The number of halogens is 3. The SMILES string of the molecule is COCC(N)C(=O)N(CC(F)F)C1CC1.Cl. The summed E-state index contributed by atoms with van der Waals surface area (Å²) in [5, 5.41) is 0. The Bertz CT molecular complexity index is 228. The van der Waals surface area contributed by atoms with Crippen molar-refractivity contribution in [2.45, 2.75) is 31.4 Å². The highest BCUT2D eigenvalue weighted by atomic mass is 35.5. The molecule has 0 heterocycles. The first-order chi connectivity index (χ1) is 7.06. The van der Waals surface area contributed by atoms with Gasteiger partial charge in [-0.3, -0.25) is 4.79 Å². The Morgan fingerprint density at radius 3 is 2.50 bits per heavy atom. The molecule has 2 N–H and O–H groups in total. The maximum absolute atomic E-state index is 12.2. The average Bonchev–Trinajstić information content (AvgIpc) is 2.96. The summed E-state index contributed by atoms with van der Waals surface area (Å²) in [5.74, 6) is -0.445. The number of ether oxygens (including phenoxy) is 1. The van der Waals surface area contributed by atoms with Crippen LogP contribution in [0, 0.1) is 0 Å². The predicted octanol–water partition coefficient (Wildman–Crippen LogP) is 0.638. The van der Waals surface area contributed by atoms with E-state index < -0.39 is 24.9 Å². The average molecular weight is 259 g/mol. The Morgan fingerprint density at radius 1 is 1.56 bits per heavy atom. The smallest absolute Gasteiger partial charge is 0.255 e. The molecule has 0 aromatic heterocycles. The van der Waals surface area contributed by atoms with Crippen molar-refractivity contribution in [3.8, 4) is 0 Å². The second-order valence-electron chi connectivity index (χ2n) is 3.67. The molecule has 0 saturated heterocycles. The summed E-state index contributed by atoms with van der Waals surface area (Å²) < 4.78 is 29.2. The van der Waals surface area contributed by atoms with Crippen LogP contribution in [0.4, 0.5) is 8.78 Å². The lowest BCUT2D eigenvalue weighted by atomic mass is 10.2. The normalized spacial score (nSPS) is 16.8. The molecule has 1 aliphatic rings. The van der Waals surface area contributed by atoms with Gasteiger partial charge in [-0.1, -0.05) is 0 Å². The number of alkyl halides is 2. The number of rotatable bonds is 6. The van der Waals surface area contributed by atoms with Crippen molar-refractivity contribution in [1.82, 2.24) is 4.90 Å². The van der Waals surface area contributed by atoms with Crippen LogP contribution in [0.25, 0.3) is 0 Å². The van der Waals surface area contributed by atoms with Crippen LogP contribution in [0.3, 0.4) is 0 Å². The number of nitrogens with two attached hydrogens (primary N) is 1. The van der Waals surface area contributed by atoms with Gasteiger partial charge in [0.25, 0.3) is 6.43 Å². The second kappa shape index (κ2) is 6.98. The van der Waals surface area contributed by atoms with Gasteiger partial charge in [0.1, 0.15) is 6.04 Å². The van der Waals surface area contributed by atoms with Crippen LogP contribution in [-0.2, 0) is 9.53 Å². The number of carbonyl (C=O) groups excluding carboxylic acids is 1. The van der Waals surface area contributed by atoms with Crippen molar-refractivity contribution in [2.24, 2.45) is 5.73 Å². The molecular formula is C9H17ClF2N2O2. The molecular weight excluding hydrogens is 242 g/mol. The fraction of sp³-hybridized carbons (Fsp3) is 0.889. The fourth-order valence-corrected chi connectivity index (χ4v) is 1.42. The van der Waals surface area contributed by atoms with E-state index >= 15 is 0 Å². The van der Waals surface area contributed by atoms with E-state index in [1.807, 2.05) is 0 Å². The van der Waals surface area contributed by atoms with Crippen LogP contribution in [0.1, 0.15) is 12.8 Å². The second-order valence-corrected chi connectivity index (χ2v) is 3.67. The molecule has 0 aliphatic heterocycles. The van der Waals surface area contributed by atoms with Crippen molar-refractivity contribution in [3.05, 3.63) is 0 Å². The van der Waals surface area contributed by atoms with E-state index in [0.29, 0.717) is 0 Å². The highest BCUT2D eigenvalue weighted by Gasteiger charge is 2.36. The van der Waals surface area contributed by atoms with Gasteiger partial charge in [0.05, 0.1) is 13.2 Å². The summed E-state index contributed by atoms with van der Waals surface area (Å²) in [6, 6.07) is -0.885. The molecule has 1 atom stereocenters. The Labute approximate surface area is 99.5 Å². The van der Waals surface area contributed by atoms with E-state index in [1.165, 1.54) is 12.0 Å². The highest BCUT2D eigenvalue weighted by molar-refractivity contribution is 5.85. The van der Waals surface area contributed by atoms with E-state index in [-0.39, 0.29) is 25.1 Å². The molecule has 0 radical (unpaired) electrons. The van der Waals surface area contributed by atoms with Crippen LogP contribution in [-0.4, -0.2) is 49.6 Å². The van der Waals surface area contributed by atoms with Crippen LogP contribution in [0.2, 0.25) is 0 Å². The molecule has 1 aliphatic carbocycles. The zero-order chi connectivity index (χ0) is 11.4. The first-order valence-corrected chi connectivity index (χ1v) is 4.89. The third kappa shape index (κ3) is 4.59. The van der Waals surface area contributed by atoms with E-state index in [4.69, 9.17) is 10.5 Å². The number of carbonyl (C=O) groups is 1. The van der Waals surface area contributed by atoms with Crippen LogP contribution >= 0.6 is 12.4 Å². The summed E-state index contributed by atoms with van der Waals surface area (Å²) >= 11 is 0. The van der Waals surface area contributed by atoms with Crippen LogP contribution in [0.5, 0.6) is 0 Å². The molecule has 96 valence electrons. The number of hydrogen-bond donors (Lipinski definition) is 1. The largest absolute Gasteiger partial charge is 0.383 e. The summed E-state index contributed by atoms with van der Waals surface area (Å²) in [7, 11) is 1.42. The van der Waals surface area contributed by atoms with Gasteiger partial charge in [-0.2, -0.15) is 0 Å². The topological polar surface area (TPSA) is 55.6 Å². The molecule has 0 aromatic rings. The third-order valence-corrected chi connectivity index (χ3v) is 2.27. The molecule has 1 fully saturated rings. The maximum Gasteiger partial charge on any atom is 0.255 e. The van der Waals surface area contributed by atoms with E-state index in [2.05, 4.69) is 0 Å². The molecule has 1 unspecified atom stereocenters. The first kappa shape index (κ1) is 15.5. The number of methoxy groups -OCH3 is 1. The zero-order valence-electron chi connectivity index (χ0n) is 9.07. The van der Waals surface area contributed by atoms with Gasteiger partial charge in [0, 0.05) is 13.2 Å². The van der Waals surface area contributed by atoms with E-state index in [0.717, 1.165) is 12.8 Å². The summed E-state index contributed by atoms with van der Waals surface area (Å²) in [5.41, 5.74) is 5.51. The van der Waals surface area contributed by atoms with Gasteiger partial charge in [-0.05, 0) is 12.8 Å². The lowest BCUT2D eigenvalue weighted by Gasteiger charge is -2.24. The Kier molecular flexibility index (Phi) is 6.78. The van der Waals surface area contributed by atoms with Crippen LogP contribution in [0.15, 0.2) is 0 Å². The van der Waals surface area contributed by atoms with Crippen molar-refractivity contribution in [3.63, 3.8) is 0 Å². The number of nitrogens with zero attached hydrogens (tertiary/aromatic N) is 1. The highest BCUT2D eigenvalue weighted by Crippen LogP contribution is 2.27. The van der Waals surface area contributed by atoms with Crippen molar-refractivity contribution >= 4 is 18.3 Å². The number of amides is 1. The third-order valence-electron chi connectivity index (χ3n) is 2.27. The van der Waals surface area contributed by atoms with Gasteiger partial charge < -0.3 is 15.4 Å². The monoisotopic (exact) mass is 258 g/mol. The summed E-state index contributed by atoms with van der Waals surface area (Å²) in [6.45, 7) is -0.466. The zero-order valence-corrected chi connectivity index (χ0v) is 9.88. The summed E-state index contributed by atoms with van der Waals surface area (Å²) in [6.07, 6.45) is -0.930. The Hall–Kier alpha value is -0.460.